The summed E-state index contributed by atoms with van der Waals surface area (Å²) in [7, 11) is -0.188. The quantitative estimate of drug-likeness (QED) is 0.227. The van der Waals surface area contributed by atoms with Crippen LogP contribution in [0.25, 0.3) is 11.3 Å². The van der Waals surface area contributed by atoms with E-state index in [-0.39, 0.29) is 0 Å². The first-order valence-corrected chi connectivity index (χ1v) is 13.8. The fraction of sp³-hybridized carbons (Fsp3) is 0.400. The van der Waals surface area contributed by atoms with Crippen LogP contribution < -0.4 is 0 Å². The number of rotatable bonds is 10. The van der Waals surface area contributed by atoms with Crippen LogP contribution in [0.15, 0.2) is 60.8 Å². The Morgan fingerprint density at radius 3 is 2.09 bits per heavy atom. The molecule has 0 saturated heterocycles. The lowest BCUT2D eigenvalue weighted by Crippen LogP contribution is -2.38. The lowest BCUT2D eigenvalue weighted by molar-refractivity contribution is -0.137. The number of imidazole rings is 1. The van der Waals surface area contributed by atoms with E-state index in [4.69, 9.17) is 9.16 Å². The second-order valence-corrected chi connectivity index (χ2v) is 12.8. The van der Waals surface area contributed by atoms with Crippen molar-refractivity contribution in [3.05, 3.63) is 77.7 Å². The third-order valence-corrected chi connectivity index (χ3v) is 10.9. The predicted molar refractivity (Wildman–Crippen MR) is 126 cm³/mol. The SMILES string of the molecule is CC[Si](CC)(CC)OC(OCc1ccccc1)c1ncc(-c2ccc(C(F)(F)F)cc2)n1C. The molecule has 1 atom stereocenters. The summed E-state index contributed by atoms with van der Waals surface area (Å²) in [5.74, 6) is 0.605. The van der Waals surface area contributed by atoms with E-state index in [0.717, 1.165) is 35.8 Å². The molecule has 0 bridgehead atoms. The molecule has 1 aromatic heterocycles. The van der Waals surface area contributed by atoms with Gasteiger partial charge in [0.25, 0.3) is 0 Å². The summed E-state index contributed by atoms with van der Waals surface area (Å²) in [5.41, 5.74) is 1.70. The zero-order chi connectivity index (χ0) is 24.1. The maximum Gasteiger partial charge on any atom is 0.416 e. The van der Waals surface area contributed by atoms with Gasteiger partial charge in [-0.1, -0.05) is 63.2 Å². The highest BCUT2D eigenvalue weighted by Crippen LogP contribution is 2.34. The number of benzene rings is 2. The van der Waals surface area contributed by atoms with Crippen molar-refractivity contribution in [1.82, 2.24) is 9.55 Å². The van der Waals surface area contributed by atoms with E-state index in [1.807, 2.05) is 41.9 Å². The number of hydrogen-bond acceptors (Lipinski definition) is 3. The van der Waals surface area contributed by atoms with E-state index in [1.165, 1.54) is 12.1 Å². The minimum Gasteiger partial charge on any atom is -0.387 e. The molecule has 4 nitrogen and oxygen atoms in total. The maximum atomic E-state index is 12.9. The second kappa shape index (κ2) is 10.7. The highest BCUT2D eigenvalue weighted by atomic mass is 28.4. The van der Waals surface area contributed by atoms with Crippen molar-refractivity contribution < 1.29 is 22.3 Å². The normalized spacial score (nSPS) is 13.3. The molecule has 0 aliphatic carbocycles. The number of ether oxygens (including phenoxy) is 1. The number of alkyl halides is 3. The van der Waals surface area contributed by atoms with Crippen molar-refractivity contribution in [1.29, 1.82) is 0 Å². The molecule has 2 aromatic carbocycles. The van der Waals surface area contributed by atoms with Gasteiger partial charge in [-0.2, -0.15) is 13.2 Å². The summed E-state index contributed by atoms with van der Waals surface area (Å²) in [6, 6.07) is 17.8. The minimum absolute atomic E-state index is 0.371. The molecule has 3 aromatic rings. The van der Waals surface area contributed by atoms with Crippen molar-refractivity contribution >= 4 is 8.32 Å². The van der Waals surface area contributed by atoms with Crippen molar-refractivity contribution in [3.63, 3.8) is 0 Å². The Morgan fingerprint density at radius 2 is 1.55 bits per heavy atom. The van der Waals surface area contributed by atoms with Gasteiger partial charge in [-0.25, -0.2) is 4.98 Å². The molecular weight excluding hydrogens is 445 g/mol. The molecule has 178 valence electrons. The molecule has 0 spiro atoms. The third kappa shape index (κ3) is 5.93. The molecular formula is C25H31F3N2O2Si. The van der Waals surface area contributed by atoms with Gasteiger partial charge in [-0.15, -0.1) is 0 Å². The van der Waals surface area contributed by atoms with Gasteiger partial charge in [0, 0.05) is 7.05 Å². The van der Waals surface area contributed by atoms with Crippen LogP contribution in [0.2, 0.25) is 18.1 Å². The molecule has 3 rings (SSSR count). The van der Waals surface area contributed by atoms with Crippen molar-refractivity contribution in [2.75, 3.05) is 0 Å². The van der Waals surface area contributed by atoms with E-state index in [2.05, 4.69) is 25.8 Å². The van der Waals surface area contributed by atoms with Crippen molar-refractivity contribution in [2.45, 2.75) is 58.0 Å². The first-order chi connectivity index (χ1) is 15.7. The zero-order valence-corrected chi connectivity index (χ0v) is 20.5. The molecule has 33 heavy (non-hydrogen) atoms. The Hall–Kier alpha value is -2.42. The van der Waals surface area contributed by atoms with Crippen LogP contribution in [-0.4, -0.2) is 17.9 Å². The Labute approximate surface area is 194 Å². The number of hydrogen-bond donors (Lipinski definition) is 0. The summed E-state index contributed by atoms with van der Waals surface area (Å²) in [4.78, 5) is 4.58. The Bertz CT molecular complexity index is 1010. The first-order valence-electron chi connectivity index (χ1n) is 11.3. The highest BCUT2D eigenvalue weighted by Gasteiger charge is 2.35. The molecule has 0 N–H and O–H groups in total. The van der Waals surface area contributed by atoms with Gasteiger partial charge in [0.1, 0.15) is 0 Å². The zero-order valence-electron chi connectivity index (χ0n) is 19.5. The first kappa shape index (κ1) is 25.2. The van der Waals surface area contributed by atoms with Crippen LogP contribution in [0.5, 0.6) is 0 Å². The number of halogens is 3. The molecule has 1 heterocycles. The van der Waals surface area contributed by atoms with Crippen LogP contribution >= 0.6 is 0 Å². The van der Waals surface area contributed by atoms with Gasteiger partial charge >= 0.3 is 6.18 Å². The van der Waals surface area contributed by atoms with E-state index >= 15 is 0 Å². The van der Waals surface area contributed by atoms with Gasteiger partial charge in [0.2, 0.25) is 6.29 Å². The molecule has 0 aliphatic heterocycles. The van der Waals surface area contributed by atoms with E-state index in [9.17, 15) is 13.2 Å². The topological polar surface area (TPSA) is 36.3 Å². The maximum absolute atomic E-state index is 12.9. The molecule has 0 fully saturated rings. The average molecular weight is 477 g/mol. The molecule has 0 radical (unpaired) electrons. The van der Waals surface area contributed by atoms with Gasteiger partial charge in [-0.05, 0) is 41.4 Å². The van der Waals surface area contributed by atoms with Crippen LogP contribution in [0, 0.1) is 0 Å². The molecule has 0 amide bonds. The van der Waals surface area contributed by atoms with E-state index in [1.54, 1.807) is 6.20 Å². The van der Waals surface area contributed by atoms with E-state index < -0.39 is 26.3 Å². The highest BCUT2D eigenvalue weighted by molar-refractivity contribution is 6.73. The monoisotopic (exact) mass is 476 g/mol. The van der Waals surface area contributed by atoms with E-state index in [0.29, 0.717) is 23.7 Å². The van der Waals surface area contributed by atoms with Gasteiger partial charge < -0.3 is 13.7 Å². The van der Waals surface area contributed by atoms with Crippen LogP contribution in [0.1, 0.15) is 44.0 Å². The second-order valence-electron chi connectivity index (χ2n) is 8.13. The van der Waals surface area contributed by atoms with Crippen molar-refractivity contribution in [2.24, 2.45) is 7.05 Å². The molecule has 1 unspecified atom stereocenters. The number of aromatic nitrogens is 2. The molecule has 0 aliphatic rings. The summed E-state index contributed by atoms with van der Waals surface area (Å²) in [6.07, 6.45) is -3.37. The van der Waals surface area contributed by atoms with Gasteiger partial charge in [0.15, 0.2) is 14.1 Å². The van der Waals surface area contributed by atoms with Gasteiger partial charge in [-0.3, -0.25) is 0 Å². The van der Waals surface area contributed by atoms with Crippen LogP contribution in [0.3, 0.4) is 0 Å². The lowest BCUT2D eigenvalue weighted by atomic mass is 10.1. The van der Waals surface area contributed by atoms with Crippen LogP contribution in [0.4, 0.5) is 13.2 Å². The lowest BCUT2D eigenvalue weighted by Gasteiger charge is -2.32. The third-order valence-electron chi connectivity index (χ3n) is 6.28. The molecule has 0 saturated carbocycles. The largest absolute Gasteiger partial charge is 0.416 e. The van der Waals surface area contributed by atoms with Gasteiger partial charge in [0.05, 0.1) is 24.1 Å². The Morgan fingerprint density at radius 1 is 0.939 bits per heavy atom. The fourth-order valence-corrected chi connectivity index (χ4v) is 6.50. The summed E-state index contributed by atoms with van der Waals surface area (Å²) < 4.78 is 53.6. The predicted octanol–water partition coefficient (Wildman–Crippen LogP) is 7.34. The smallest absolute Gasteiger partial charge is 0.387 e. The van der Waals surface area contributed by atoms with Crippen molar-refractivity contribution in [3.8, 4) is 11.3 Å². The standard InChI is InChI=1S/C25H31F3N2O2Si/c1-5-33(6-2,7-3)32-24(31-18-19-11-9-8-10-12-19)23-29-17-22(30(23)4)20-13-15-21(16-14-20)25(26,27)28/h8-17,24H,5-7,18H2,1-4H3. The molecule has 8 heteroatoms. The summed E-state index contributed by atoms with van der Waals surface area (Å²) in [6.45, 7) is 6.83. The van der Waals surface area contributed by atoms with Crippen LogP contribution in [-0.2, 0) is 29.0 Å². The number of nitrogens with zero attached hydrogens (tertiary/aromatic N) is 2. The Balaban J connectivity index is 1.92. The minimum atomic E-state index is -4.37. The summed E-state index contributed by atoms with van der Waals surface area (Å²) in [5, 5.41) is 0. The Kier molecular flexibility index (Phi) is 8.15. The average Bonchev–Trinajstić information content (AvgIpc) is 3.21. The summed E-state index contributed by atoms with van der Waals surface area (Å²) >= 11 is 0. The fourth-order valence-electron chi connectivity index (χ4n) is 3.88.